The number of likely N-dealkylation sites (tertiary alicyclic amines) is 1. The molecule has 6 nitrogen and oxygen atoms in total. The van der Waals surface area contributed by atoms with Crippen LogP contribution in [0.25, 0.3) is 0 Å². The van der Waals surface area contributed by atoms with Crippen LogP contribution in [0.3, 0.4) is 0 Å². The van der Waals surface area contributed by atoms with E-state index in [1.54, 1.807) is 14.2 Å². The Balaban J connectivity index is 2.11. The molecule has 1 fully saturated rings. The van der Waals surface area contributed by atoms with Crippen molar-refractivity contribution in [1.29, 1.82) is 0 Å². The number of likely N-dealkylation sites (N-methyl/N-ethyl adjacent to an activating group) is 2. The average Bonchev–Trinajstić information content (AvgIpc) is 2.79. The van der Waals surface area contributed by atoms with Crippen LogP contribution in [0.15, 0.2) is 23.4 Å². The minimum Gasteiger partial charge on any atom is -0.380 e. The quantitative estimate of drug-likeness (QED) is 0.806. The van der Waals surface area contributed by atoms with Gasteiger partial charge in [0, 0.05) is 45.7 Å². The molecule has 8 heteroatoms. The predicted molar refractivity (Wildman–Crippen MR) is 80.9 cm³/mol. The second-order valence-electron chi connectivity index (χ2n) is 5.31. The van der Waals surface area contributed by atoms with Gasteiger partial charge in [0.15, 0.2) is 0 Å². The highest BCUT2D eigenvalue weighted by molar-refractivity contribution is 7.89. The van der Waals surface area contributed by atoms with Gasteiger partial charge in [-0.3, -0.25) is 9.88 Å². The second-order valence-corrected chi connectivity index (χ2v) is 7.79. The summed E-state index contributed by atoms with van der Waals surface area (Å²) in [6.45, 7) is 1.22. The largest absolute Gasteiger partial charge is 0.380 e. The zero-order valence-electron chi connectivity index (χ0n) is 12.4. The molecule has 1 aromatic heterocycles. The summed E-state index contributed by atoms with van der Waals surface area (Å²) in [6.07, 6.45) is 3.70. The third-order valence-corrected chi connectivity index (χ3v) is 5.83. The fourth-order valence-electron chi connectivity index (χ4n) is 2.52. The summed E-state index contributed by atoms with van der Waals surface area (Å²) in [7, 11) is 1.65. The van der Waals surface area contributed by atoms with E-state index in [0.29, 0.717) is 11.6 Å². The maximum absolute atomic E-state index is 12.5. The molecule has 0 radical (unpaired) electrons. The van der Waals surface area contributed by atoms with Crippen LogP contribution in [0, 0.1) is 0 Å². The lowest BCUT2D eigenvalue weighted by Gasteiger charge is -2.25. The molecule has 0 aliphatic carbocycles. The van der Waals surface area contributed by atoms with Crippen molar-refractivity contribution < 1.29 is 13.2 Å². The number of rotatable bonds is 5. The van der Waals surface area contributed by atoms with Gasteiger partial charge in [-0.05, 0) is 19.5 Å². The highest BCUT2D eigenvalue weighted by atomic mass is 35.5. The Kier molecular flexibility index (Phi) is 5.21. The average molecular weight is 334 g/mol. The van der Waals surface area contributed by atoms with Gasteiger partial charge >= 0.3 is 0 Å². The lowest BCUT2D eigenvalue weighted by Crippen LogP contribution is -2.39. The SMILES string of the molecule is CO[C@H]1C[C@@H](CN(C)S(=O)(=O)c2cncc(Cl)c2)N(C)C1. The number of ether oxygens (including phenoxy) is 1. The Hall–Kier alpha value is -0.730. The number of nitrogens with zero attached hydrogens (tertiary/aromatic N) is 3. The summed E-state index contributed by atoms with van der Waals surface area (Å²) in [5, 5.41) is 0.307. The third kappa shape index (κ3) is 3.73. The van der Waals surface area contributed by atoms with E-state index in [2.05, 4.69) is 9.88 Å². The number of halogens is 1. The van der Waals surface area contributed by atoms with Crippen LogP contribution in [0.1, 0.15) is 6.42 Å². The summed E-state index contributed by atoms with van der Waals surface area (Å²) in [6, 6.07) is 1.55. The number of methoxy groups -OCH3 is 1. The molecule has 0 aromatic carbocycles. The molecule has 0 bridgehead atoms. The van der Waals surface area contributed by atoms with Gasteiger partial charge in [0.05, 0.1) is 11.1 Å². The normalized spacial score (nSPS) is 23.9. The van der Waals surface area contributed by atoms with Crippen LogP contribution in [0.4, 0.5) is 0 Å². The van der Waals surface area contributed by atoms with Crippen molar-refractivity contribution in [2.24, 2.45) is 0 Å². The van der Waals surface area contributed by atoms with Gasteiger partial charge in [0.1, 0.15) is 4.90 Å². The van der Waals surface area contributed by atoms with E-state index in [1.165, 1.54) is 22.8 Å². The second kappa shape index (κ2) is 6.58. The van der Waals surface area contributed by atoms with E-state index in [4.69, 9.17) is 16.3 Å². The molecule has 2 heterocycles. The molecule has 1 saturated heterocycles. The molecule has 21 heavy (non-hydrogen) atoms. The molecule has 118 valence electrons. The van der Waals surface area contributed by atoms with E-state index in [-0.39, 0.29) is 17.0 Å². The van der Waals surface area contributed by atoms with Gasteiger partial charge in [-0.15, -0.1) is 0 Å². The predicted octanol–water partition coefficient (Wildman–Crippen LogP) is 1.07. The third-order valence-electron chi connectivity index (χ3n) is 3.84. The summed E-state index contributed by atoms with van der Waals surface area (Å²) in [5.41, 5.74) is 0. The molecule has 0 amide bonds. The van der Waals surface area contributed by atoms with Crippen molar-refractivity contribution in [3.05, 3.63) is 23.5 Å². The van der Waals surface area contributed by atoms with Crippen LogP contribution in [-0.4, -0.2) is 69.0 Å². The highest BCUT2D eigenvalue weighted by Crippen LogP contribution is 2.22. The standard InChI is InChI=1S/C13H20ClN3O3S/c1-16-9-12(20-3)5-11(16)8-17(2)21(18,19)13-4-10(14)6-15-7-13/h4,6-7,11-12H,5,8-9H2,1-3H3/t11-,12-/m0/s1. The van der Waals surface area contributed by atoms with Crippen LogP contribution in [-0.2, 0) is 14.8 Å². The monoisotopic (exact) mass is 333 g/mol. The zero-order chi connectivity index (χ0) is 15.6. The maximum Gasteiger partial charge on any atom is 0.244 e. The molecule has 2 atom stereocenters. The summed E-state index contributed by atoms with van der Waals surface area (Å²) in [4.78, 5) is 6.07. The number of sulfonamides is 1. The summed E-state index contributed by atoms with van der Waals surface area (Å²) < 4.78 is 31.7. The van der Waals surface area contributed by atoms with Crippen molar-refractivity contribution in [3.8, 4) is 0 Å². The fraction of sp³-hybridized carbons (Fsp3) is 0.615. The summed E-state index contributed by atoms with van der Waals surface area (Å²) in [5.74, 6) is 0. The topological polar surface area (TPSA) is 62.7 Å². The molecular weight excluding hydrogens is 314 g/mol. The minimum absolute atomic E-state index is 0.112. The first-order chi connectivity index (χ1) is 9.84. The van der Waals surface area contributed by atoms with Crippen molar-refractivity contribution >= 4 is 21.6 Å². The number of hydrogen-bond donors (Lipinski definition) is 0. The fourth-order valence-corrected chi connectivity index (χ4v) is 3.96. The molecule has 1 aromatic rings. The minimum atomic E-state index is -3.58. The van der Waals surface area contributed by atoms with Crippen LogP contribution in [0.2, 0.25) is 5.02 Å². The Morgan fingerprint density at radius 2 is 2.24 bits per heavy atom. The molecule has 0 saturated carbocycles. The van der Waals surface area contributed by atoms with Crippen LogP contribution in [0.5, 0.6) is 0 Å². The smallest absolute Gasteiger partial charge is 0.244 e. The molecule has 0 unspecified atom stereocenters. The Morgan fingerprint density at radius 1 is 1.52 bits per heavy atom. The van der Waals surface area contributed by atoms with Gasteiger partial charge in [-0.1, -0.05) is 11.6 Å². The highest BCUT2D eigenvalue weighted by Gasteiger charge is 2.33. The van der Waals surface area contributed by atoms with Crippen molar-refractivity contribution in [3.63, 3.8) is 0 Å². The van der Waals surface area contributed by atoms with Crippen molar-refractivity contribution in [1.82, 2.24) is 14.2 Å². The first-order valence-electron chi connectivity index (χ1n) is 6.64. The first-order valence-corrected chi connectivity index (χ1v) is 8.46. The van der Waals surface area contributed by atoms with E-state index >= 15 is 0 Å². The Morgan fingerprint density at radius 3 is 2.81 bits per heavy atom. The first kappa shape index (κ1) is 16.6. The molecule has 0 N–H and O–H groups in total. The molecule has 0 spiro atoms. The Labute approximate surface area is 130 Å². The van der Waals surface area contributed by atoms with Gasteiger partial charge in [-0.2, -0.15) is 4.31 Å². The lowest BCUT2D eigenvalue weighted by atomic mass is 10.2. The molecule has 1 aliphatic rings. The lowest BCUT2D eigenvalue weighted by molar-refractivity contribution is 0.111. The molecular formula is C13H20ClN3O3S. The van der Waals surface area contributed by atoms with Gasteiger partial charge in [-0.25, -0.2) is 8.42 Å². The number of pyridine rings is 1. The summed E-state index contributed by atoms with van der Waals surface area (Å²) >= 11 is 5.82. The van der Waals surface area contributed by atoms with Gasteiger partial charge < -0.3 is 4.74 Å². The van der Waals surface area contributed by atoms with Gasteiger partial charge in [0.25, 0.3) is 0 Å². The molecule has 1 aliphatic heterocycles. The van der Waals surface area contributed by atoms with Crippen LogP contribution >= 0.6 is 11.6 Å². The van der Waals surface area contributed by atoms with E-state index in [0.717, 1.165) is 13.0 Å². The zero-order valence-corrected chi connectivity index (χ0v) is 13.9. The Bertz CT molecular complexity index is 596. The van der Waals surface area contributed by atoms with E-state index in [1.807, 2.05) is 7.05 Å². The maximum atomic E-state index is 12.5. The molecule has 2 rings (SSSR count). The number of aromatic nitrogens is 1. The number of hydrogen-bond acceptors (Lipinski definition) is 5. The van der Waals surface area contributed by atoms with Crippen LogP contribution < -0.4 is 0 Å². The van der Waals surface area contributed by atoms with E-state index in [9.17, 15) is 8.42 Å². The van der Waals surface area contributed by atoms with Crippen molar-refractivity contribution in [2.75, 3.05) is 34.3 Å². The van der Waals surface area contributed by atoms with Crippen molar-refractivity contribution in [2.45, 2.75) is 23.5 Å². The van der Waals surface area contributed by atoms with E-state index < -0.39 is 10.0 Å². The van der Waals surface area contributed by atoms with Gasteiger partial charge in [0.2, 0.25) is 10.0 Å².